The highest BCUT2D eigenvalue weighted by atomic mass is 19.1. The fourth-order valence-electron chi connectivity index (χ4n) is 2.34. The van der Waals surface area contributed by atoms with Gasteiger partial charge in [0.1, 0.15) is 5.69 Å². The van der Waals surface area contributed by atoms with Crippen molar-refractivity contribution >= 4 is 11.8 Å². The molecule has 0 spiro atoms. The molecule has 0 aliphatic heterocycles. The third-order valence-electron chi connectivity index (χ3n) is 3.61. The molecular weight excluding hydrogens is 343 g/mol. The maximum Gasteiger partial charge on any atom is 0.409 e. The lowest BCUT2D eigenvalue weighted by molar-refractivity contribution is -0.387. The van der Waals surface area contributed by atoms with Gasteiger partial charge < -0.3 is 9.64 Å². The topological polar surface area (TPSA) is 90.5 Å². The third-order valence-corrected chi connectivity index (χ3v) is 3.61. The lowest BCUT2D eigenvalue weighted by atomic mass is 10.1. The third kappa shape index (κ3) is 4.35. The Balaban J connectivity index is 2.42. The van der Waals surface area contributed by atoms with Crippen LogP contribution in [0.15, 0.2) is 24.4 Å². The SMILES string of the molecule is [2H]C([2H])([2H])N(Cc1cn(C)nc1-c1cccc([N+](=O)[O-])c1F)C(=O)OCCCC. The molecule has 0 bridgehead atoms. The first-order valence-corrected chi connectivity index (χ1v) is 7.96. The van der Waals surface area contributed by atoms with E-state index >= 15 is 0 Å². The summed E-state index contributed by atoms with van der Waals surface area (Å²) in [6, 6.07) is 3.62. The number of hydrogen-bond donors (Lipinski definition) is 0. The number of carbonyl (C=O) groups is 1. The van der Waals surface area contributed by atoms with E-state index in [0.717, 1.165) is 12.5 Å². The van der Waals surface area contributed by atoms with Crippen LogP contribution in [0.1, 0.15) is 29.4 Å². The molecule has 0 fully saturated rings. The van der Waals surface area contributed by atoms with Crippen LogP contribution in [-0.4, -0.2) is 39.3 Å². The normalized spacial score (nSPS) is 12.8. The number of hydrogen-bond acceptors (Lipinski definition) is 5. The molecule has 26 heavy (non-hydrogen) atoms. The number of nitro benzene ring substituents is 1. The molecule has 1 amide bonds. The van der Waals surface area contributed by atoms with Crippen molar-refractivity contribution in [2.45, 2.75) is 26.3 Å². The molecule has 0 saturated carbocycles. The van der Waals surface area contributed by atoms with Crippen LogP contribution >= 0.6 is 0 Å². The van der Waals surface area contributed by atoms with Crippen molar-refractivity contribution in [1.82, 2.24) is 14.7 Å². The van der Waals surface area contributed by atoms with Gasteiger partial charge in [0.05, 0.1) is 18.1 Å². The van der Waals surface area contributed by atoms with Crippen molar-refractivity contribution in [2.24, 2.45) is 7.05 Å². The fraction of sp³-hybridized carbons (Fsp3) is 0.412. The van der Waals surface area contributed by atoms with Crippen molar-refractivity contribution < 1.29 is 23.0 Å². The van der Waals surface area contributed by atoms with Gasteiger partial charge in [-0.25, -0.2) is 4.79 Å². The average molecular weight is 367 g/mol. The highest BCUT2D eigenvalue weighted by Crippen LogP contribution is 2.30. The Morgan fingerprint density at radius 1 is 1.54 bits per heavy atom. The molecule has 0 radical (unpaired) electrons. The zero-order valence-electron chi connectivity index (χ0n) is 17.4. The van der Waals surface area contributed by atoms with Gasteiger partial charge in [0.25, 0.3) is 0 Å². The van der Waals surface area contributed by atoms with Crippen LogP contribution in [0, 0.1) is 15.9 Å². The largest absolute Gasteiger partial charge is 0.449 e. The van der Waals surface area contributed by atoms with Crippen molar-refractivity contribution in [3.63, 3.8) is 0 Å². The molecule has 0 atom stereocenters. The van der Waals surface area contributed by atoms with E-state index in [2.05, 4.69) is 5.10 Å². The predicted octanol–water partition coefficient (Wildman–Crippen LogP) is 3.50. The van der Waals surface area contributed by atoms with E-state index in [4.69, 9.17) is 8.85 Å². The zero-order chi connectivity index (χ0) is 21.8. The predicted molar refractivity (Wildman–Crippen MR) is 93.0 cm³/mol. The van der Waals surface area contributed by atoms with Crippen molar-refractivity contribution in [1.29, 1.82) is 0 Å². The van der Waals surface area contributed by atoms with Crippen molar-refractivity contribution in [3.8, 4) is 11.3 Å². The molecule has 1 heterocycles. The Kier molecular flexibility index (Phi) is 4.95. The number of aryl methyl sites for hydroxylation is 1. The van der Waals surface area contributed by atoms with Crippen molar-refractivity contribution in [3.05, 3.63) is 45.9 Å². The Hall–Kier alpha value is -2.97. The summed E-state index contributed by atoms with van der Waals surface area (Å²) in [5, 5.41) is 15.1. The summed E-state index contributed by atoms with van der Waals surface area (Å²) in [6.45, 7) is -1.28. The molecule has 1 aromatic carbocycles. The van der Waals surface area contributed by atoms with Crippen LogP contribution in [0.3, 0.4) is 0 Å². The molecule has 0 aliphatic rings. The van der Waals surface area contributed by atoms with Crippen LogP contribution in [-0.2, 0) is 18.3 Å². The van der Waals surface area contributed by atoms with Crippen molar-refractivity contribution in [2.75, 3.05) is 13.6 Å². The van der Waals surface area contributed by atoms with Gasteiger partial charge in [0.15, 0.2) is 0 Å². The molecule has 0 unspecified atom stereocenters. The number of rotatable bonds is 7. The standard InChI is InChI=1S/C17H21FN4O4/c1-4-5-9-26-17(23)20(2)10-12-11-21(3)19-16(12)13-7-6-8-14(15(13)18)22(24)25/h6-8,11H,4-5,9-10H2,1-3H3/i2D3. The molecule has 0 N–H and O–H groups in total. The molecule has 8 nitrogen and oxygen atoms in total. The number of halogens is 1. The van der Waals surface area contributed by atoms with Gasteiger partial charge in [-0.05, 0) is 12.5 Å². The molecule has 0 saturated heterocycles. The summed E-state index contributed by atoms with van der Waals surface area (Å²) in [5.74, 6) is -1.09. The molecule has 1 aromatic heterocycles. The quantitative estimate of drug-likeness (QED) is 0.424. The highest BCUT2D eigenvalue weighted by Gasteiger charge is 2.23. The van der Waals surface area contributed by atoms with Gasteiger partial charge in [-0.2, -0.15) is 9.49 Å². The molecular formula is C17H21FN4O4. The van der Waals surface area contributed by atoms with Crippen LogP contribution in [0.5, 0.6) is 0 Å². The second-order valence-corrected chi connectivity index (χ2v) is 5.63. The molecule has 140 valence electrons. The van der Waals surface area contributed by atoms with E-state index in [1.54, 1.807) is 0 Å². The lowest BCUT2D eigenvalue weighted by Crippen LogP contribution is -2.27. The van der Waals surface area contributed by atoms with E-state index in [9.17, 15) is 19.3 Å². The second kappa shape index (κ2) is 8.41. The number of benzene rings is 1. The molecule has 2 rings (SSSR count). The molecule has 2 aromatic rings. The Morgan fingerprint density at radius 2 is 2.31 bits per heavy atom. The Morgan fingerprint density at radius 3 is 2.96 bits per heavy atom. The van der Waals surface area contributed by atoms with Gasteiger partial charge in [-0.15, -0.1) is 0 Å². The average Bonchev–Trinajstić information content (AvgIpc) is 2.99. The van der Waals surface area contributed by atoms with E-state index in [0.29, 0.717) is 11.3 Å². The molecule has 0 aliphatic carbocycles. The summed E-state index contributed by atoms with van der Waals surface area (Å²) in [6.07, 6.45) is 1.73. The van der Waals surface area contributed by atoms with Gasteiger partial charge >= 0.3 is 11.8 Å². The van der Waals surface area contributed by atoms with E-state index in [1.165, 1.54) is 30.1 Å². The minimum absolute atomic E-state index is 0.00399. The summed E-state index contributed by atoms with van der Waals surface area (Å²) in [4.78, 5) is 23.0. The number of nitro groups is 1. The minimum Gasteiger partial charge on any atom is -0.449 e. The maximum atomic E-state index is 14.6. The first-order valence-electron chi connectivity index (χ1n) is 9.46. The minimum atomic E-state index is -2.81. The summed E-state index contributed by atoms with van der Waals surface area (Å²) >= 11 is 0. The number of aromatic nitrogens is 2. The Bertz CT molecular complexity index is 901. The number of ether oxygens (including phenoxy) is 1. The first-order chi connectivity index (χ1) is 13.6. The maximum absolute atomic E-state index is 14.6. The van der Waals surface area contributed by atoms with E-state index < -0.39 is 36.0 Å². The summed E-state index contributed by atoms with van der Waals surface area (Å²) in [5.41, 5.74) is -0.690. The summed E-state index contributed by atoms with van der Waals surface area (Å²) in [7, 11) is 1.53. The first kappa shape index (κ1) is 15.3. The van der Waals surface area contributed by atoms with Crippen LogP contribution < -0.4 is 0 Å². The monoisotopic (exact) mass is 367 g/mol. The number of carbonyl (C=O) groups excluding carboxylic acids is 1. The lowest BCUT2D eigenvalue weighted by Gasteiger charge is -2.17. The number of unbranched alkanes of at least 4 members (excludes halogenated alkanes) is 1. The van der Waals surface area contributed by atoms with Gasteiger partial charge in [-0.3, -0.25) is 14.8 Å². The van der Waals surface area contributed by atoms with E-state index in [1.807, 2.05) is 6.92 Å². The van der Waals surface area contributed by atoms with E-state index in [-0.39, 0.29) is 23.4 Å². The fourth-order valence-corrected chi connectivity index (χ4v) is 2.34. The van der Waals surface area contributed by atoms with Crippen LogP contribution in [0.4, 0.5) is 14.9 Å². The number of amides is 1. The van der Waals surface area contributed by atoms with Gasteiger partial charge in [0.2, 0.25) is 5.82 Å². The van der Waals surface area contributed by atoms with Crippen LogP contribution in [0.2, 0.25) is 0 Å². The Labute approximate surface area is 154 Å². The van der Waals surface area contributed by atoms with Crippen LogP contribution in [0.25, 0.3) is 11.3 Å². The summed E-state index contributed by atoms with van der Waals surface area (Å²) < 4.78 is 43.8. The van der Waals surface area contributed by atoms with Gasteiger partial charge in [-0.1, -0.05) is 19.4 Å². The number of nitrogens with zero attached hydrogens (tertiary/aromatic N) is 4. The molecule has 9 heteroatoms. The van der Waals surface area contributed by atoms with Gasteiger partial charge in [0, 0.05) is 41.5 Å². The smallest absolute Gasteiger partial charge is 0.409 e. The zero-order valence-corrected chi connectivity index (χ0v) is 14.4. The highest BCUT2D eigenvalue weighted by molar-refractivity contribution is 5.69. The second-order valence-electron chi connectivity index (χ2n) is 5.63.